The van der Waals surface area contributed by atoms with Gasteiger partial charge in [-0.25, -0.2) is 4.79 Å². The summed E-state index contributed by atoms with van der Waals surface area (Å²) in [5, 5.41) is 12.8. The molecule has 0 radical (unpaired) electrons. The number of aryl methyl sites for hydroxylation is 1. The lowest BCUT2D eigenvalue weighted by Crippen LogP contribution is -2.52. The molecule has 1 atom stereocenters. The maximum atomic E-state index is 12.8. The van der Waals surface area contributed by atoms with Gasteiger partial charge in [0.2, 0.25) is 5.91 Å². The molecule has 3 amide bonds. The van der Waals surface area contributed by atoms with Crippen LogP contribution in [0.2, 0.25) is 0 Å². The number of nitrogens with one attached hydrogen (secondary N) is 1. The van der Waals surface area contributed by atoms with Gasteiger partial charge in [-0.3, -0.25) is 4.79 Å². The molecule has 132 valence electrons. The monoisotopic (exact) mass is 333 g/mol. The lowest BCUT2D eigenvalue weighted by Gasteiger charge is -2.38. The summed E-state index contributed by atoms with van der Waals surface area (Å²) in [4.78, 5) is 25.9. The van der Waals surface area contributed by atoms with E-state index in [1.54, 1.807) is 23.1 Å². The molecule has 0 aromatic heterocycles. The fraction of sp³-hybridized carbons (Fsp3) is 0.556. The van der Waals surface area contributed by atoms with Gasteiger partial charge in [-0.05, 0) is 49.8 Å². The van der Waals surface area contributed by atoms with E-state index in [9.17, 15) is 14.7 Å². The molecule has 1 aromatic carbocycles. The number of carbonyl (C=O) groups is 2. The number of hydrogen-bond donors (Lipinski definition) is 3. The van der Waals surface area contributed by atoms with Crippen LogP contribution in [0.4, 0.5) is 10.5 Å². The molecule has 24 heavy (non-hydrogen) atoms. The Morgan fingerprint density at radius 2 is 2.12 bits per heavy atom. The van der Waals surface area contributed by atoms with E-state index in [1.807, 2.05) is 6.92 Å². The number of aliphatic hydroxyl groups is 1. The van der Waals surface area contributed by atoms with Crippen LogP contribution >= 0.6 is 0 Å². The zero-order valence-electron chi connectivity index (χ0n) is 14.6. The van der Waals surface area contributed by atoms with Gasteiger partial charge in [-0.15, -0.1) is 0 Å². The molecule has 1 saturated heterocycles. The number of likely N-dealkylation sites (tertiary alicyclic amines) is 1. The van der Waals surface area contributed by atoms with Gasteiger partial charge >= 0.3 is 6.03 Å². The van der Waals surface area contributed by atoms with Crippen LogP contribution in [0, 0.1) is 12.8 Å². The fourth-order valence-corrected chi connectivity index (χ4v) is 3.55. The predicted molar refractivity (Wildman–Crippen MR) is 93.9 cm³/mol. The average Bonchev–Trinajstić information content (AvgIpc) is 2.92. The number of nitrogens with zero attached hydrogens (tertiary/aromatic N) is 1. The van der Waals surface area contributed by atoms with Crippen LogP contribution < -0.4 is 11.1 Å². The maximum absolute atomic E-state index is 12.8. The molecule has 0 spiro atoms. The number of primary amides is 1. The van der Waals surface area contributed by atoms with E-state index in [4.69, 9.17) is 5.73 Å². The summed E-state index contributed by atoms with van der Waals surface area (Å²) in [6, 6.07) is 4.74. The van der Waals surface area contributed by atoms with Gasteiger partial charge in [-0.2, -0.15) is 0 Å². The number of amides is 3. The second-order valence-corrected chi connectivity index (χ2v) is 7.06. The van der Waals surface area contributed by atoms with Gasteiger partial charge in [0.15, 0.2) is 0 Å². The molecule has 4 N–H and O–H groups in total. The minimum Gasteiger partial charge on any atom is -0.394 e. The van der Waals surface area contributed by atoms with Crippen molar-refractivity contribution in [1.29, 1.82) is 0 Å². The van der Waals surface area contributed by atoms with Gasteiger partial charge in [0.1, 0.15) is 0 Å². The first-order chi connectivity index (χ1) is 11.3. The first kappa shape index (κ1) is 18.3. The zero-order valence-corrected chi connectivity index (χ0v) is 14.6. The normalized spacial score (nSPS) is 20.5. The number of hydrogen-bond acceptors (Lipinski definition) is 3. The summed E-state index contributed by atoms with van der Waals surface area (Å²) < 4.78 is 0. The van der Waals surface area contributed by atoms with Crippen molar-refractivity contribution in [3.05, 3.63) is 29.3 Å². The minimum atomic E-state index is -0.531. The van der Waals surface area contributed by atoms with E-state index < -0.39 is 11.4 Å². The first-order valence-corrected chi connectivity index (χ1v) is 8.39. The van der Waals surface area contributed by atoms with Crippen LogP contribution in [0.25, 0.3) is 0 Å². The van der Waals surface area contributed by atoms with E-state index in [2.05, 4.69) is 19.2 Å². The van der Waals surface area contributed by atoms with E-state index in [0.29, 0.717) is 23.7 Å². The Morgan fingerprint density at radius 3 is 2.71 bits per heavy atom. The van der Waals surface area contributed by atoms with Crippen molar-refractivity contribution in [3.63, 3.8) is 0 Å². The fourth-order valence-electron chi connectivity index (χ4n) is 3.55. The first-order valence-electron chi connectivity index (χ1n) is 8.39. The Kier molecular flexibility index (Phi) is 5.49. The van der Waals surface area contributed by atoms with Crippen LogP contribution in [-0.4, -0.2) is 40.6 Å². The summed E-state index contributed by atoms with van der Waals surface area (Å²) in [6.07, 6.45) is 2.44. The SMILES string of the molecule is Cc1ccc(C(N)=O)cc1NC(=O)N1CCC[C@@]1(CO)CC(C)C. The highest BCUT2D eigenvalue weighted by Gasteiger charge is 2.43. The van der Waals surface area contributed by atoms with Crippen molar-refractivity contribution in [2.45, 2.75) is 45.6 Å². The topological polar surface area (TPSA) is 95.7 Å². The van der Waals surface area contributed by atoms with E-state index in [0.717, 1.165) is 24.8 Å². The van der Waals surface area contributed by atoms with Crippen molar-refractivity contribution >= 4 is 17.6 Å². The zero-order chi connectivity index (χ0) is 17.9. The molecule has 0 aliphatic carbocycles. The van der Waals surface area contributed by atoms with Crippen LogP contribution in [-0.2, 0) is 0 Å². The van der Waals surface area contributed by atoms with Crippen molar-refractivity contribution in [3.8, 4) is 0 Å². The van der Waals surface area contributed by atoms with Gasteiger partial charge in [-0.1, -0.05) is 19.9 Å². The summed E-state index contributed by atoms with van der Waals surface area (Å²) in [5.74, 6) is -0.151. The number of nitrogens with two attached hydrogens (primary N) is 1. The molecule has 1 aromatic rings. The minimum absolute atomic E-state index is 0.0428. The molecule has 6 heteroatoms. The molecular weight excluding hydrogens is 306 g/mol. The number of rotatable bonds is 5. The molecule has 1 aliphatic heterocycles. The van der Waals surface area contributed by atoms with Crippen molar-refractivity contribution < 1.29 is 14.7 Å². The van der Waals surface area contributed by atoms with Crippen LogP contribution in [0.15, 0.2) is 18.2 Å². The molecule has 1 fully saturated rings. The lowest BCUT2D eigenvalue weighted by molar-refractivity contribution is 0.0728. The summed E-state index contributed by atoms with van der Waals surface area (Å²) in [6.45, 7) is 6.61. The molecule has 6 nitrogen and oxygen atoms in total. The molecule has 1 aliphatic rings. The second kappa shape index (κ2) is 7.21. The Bertz CT molecular complexity index is 630. The third kappa shape index (κ3) is 3.70. The number of urea groups is 1. The number of benzene rings is 1. The summed E-state index contributed by atoms with van der Waals surface area (Å²) >= 11 is 0. The van der Waals surface area contributed by atoms with Gasteiger partial charge in [0.05, 0.1) is 12.1 Å². The highest BCUT2D eigenvalue weighted by atomic mass is 16.3. The average molecular weight is 333 g/mol. The Balaban J connectivity index is 2.22. The van der Waals surface area contributed by atoms with E-state index in [1.165, 1.54) is 0 Å². The van der Waals surface area contributed by atoms with Gasteiger partial charge in [0, 0.05) is 17.8 Å². The van der Waals surface area contributed by atoms with E-state index in [-0.39, 0.29) is 12.6 Å². The smallest absolute Gasteiger partial charge is 0.322 e. The molecular formula is C18H27N3O3. The standard InChI is InChI=1S/C18H27N3O3/c1-12(2)10-18(11-22)7-4-8-21(18)17(24)20-15-9-14(16(19)23)6-5-13(15)3/h5-6,9,12,22H,4,7-8,10-11H2,1-3H3,(H2,19,23)(H,20,24)/t18-/m0/s1. The van der Waals surface area contributed by atoms with Gasteiger partial charge in [0.25, 0.3) is 0 Å². The third-order valence-corrected chi connectivity index (χ3v) is 4.69. The van der Waals surface area contributed by atoms with Crippen molar-refractivity contribution in [2.75, 3.05) is 18.5 Å². The molecule has 0 saturated carbocycles. The molecule has 0 unspecified atom stereocenters. The highest BCUT2D eigenvalue weighted by Crippen LogP contribution is 2.35. The Hall–Kier alpha value is -2.08. The van der Waals surface area contributed by atoms with Crippen LogP contribution in [0.5, 0.6) is 0 Å². The van der Waals surface area contributed by atoms with Crippen LogP contribution in [0.1, 0.15) is 49.0 Å². The lowest BCUT2D eigenvalue weighted by atomic mass is 9.87. The molecule has 2 rings (SSSR count). The van der Waals surface area contributed by atoms with Gasteiger partial charge < -0.3 is 21.1 Å². The Labute approximate surface area is 143 Å². The predicted octanol–water partition coefficient (Wildman–Crippen LogP) is 2.50. The number of aliphatic hydroxyl groups excluding tert-OH is 1. The number of carbonyl (C=O) groups excluding carboxylic acids is 2. The van der Waals surface area contributed by atoms with Crippen LogP contribution in [0.3, 0.4) is 0 Å². The Morgan fingerprint density at radius 1 is 1.42 bits per heavy atom. The summed E-state index contributed by atoms with van der Waals surface area (Å²) in [5.41, 5.74) is 6.58. The second-order valence-electron chi connectivity index (χ2n) is 7.06. The van der Waals surface area contributed by atoms with Crippen molar-refractivity contribution in [1.82, 2.24) is 4.90 Å². The largest absolute Gasteiger partial charge is 0.394 e. The third-order valence-electron chi connectivity index (χ3n) is 4.69. The molecule has 0 bridgehead atoms. The highest BCUT2D eigenvalue weighted by molar-refractivity contribution is 5.96. The van der Waals surface area contributed by atoms with E-state index >= 15 is 0 Å². The summed E-state index contributed by atoms with van der Waals surface area (Å²) in [7, 11) is 0. The number of anilines is 1. The maximum Gasteiger partial charge on any atom is 0.322 e. The van der Waals surface area contributed by atoms with Crippen molar-refractivity contribution in [2.24, 2.45) is 11.7 Å². The quantitative estimate of drug-likeness (QED) is 0.772. The molecule has 1 heterocycles.